The van der Waals surface area contributed by atoms with Gasteiger partial charge >= 0.3 is 0 Å². The summed E-state index contributed by atoms with van der Waals surface area (Å²) in [5.74, 6) is 0.586. The molecule has 3 N–H and O–H groups in total. The summed E-state index contributed by atoms with van der Waals surface area (Å²) in [5.41, 5.74) is 12.0. The van der Waals surface area contributed by atoms with Crippen LogP contribution in [0, 0.1) is 0 Å². The summed E-state index contributed by atoms with van der Waals surface area (Å²) in [6, 6.07) is 23.0. The largest absolute Gasteiger partial charge is 0.489 e. The molecule has 4 rings (SSSR count). The standard InChI is InChI=1S/C27H27N3O2/c1-3-18-9-12-22(13-10-18)32-17-19-7-5-6-8-23(19)27(31)30-21-11-14-26-24(15-21)25(28)16-20(4-2)29-26/h5-16H,3-4,17H2,1-2H3,(H2,28,29)(H,30,31). The summed E-state index contributed by atoms with van der Waals surface area (Å²) in [4.78, 5) is 17.6. The number of pyridine rings is 1. The molecular weight excluding hydrogens is 398 g/mol. The van der Waals surface area contributed by atoms with Crippen molar-refractivity contribution >= 4 is 28.2 Å². The van der Waals surface area contributed by atoms with Gasteiger partial charge in [0.15, 0.2) is 0 Å². The molecule has 0 fully saturated rings. The Morgan fingerprint density at radius 2 is 1.75 bits per heavy atom. The van der Waals surface area contributed by atoms with Crippen LogP contribution in [0.15, 0.2) is 72.8 Å². The minimum Gasteiger partial charge on any atom is -0.489 e. The molecule has 1 aromatic heterocycles. The Kier molecular flexibility index (Phi) is 6.36. The third-order valence-electron chi connectivity index (χ3n) is 5.50. The van der Waals surface area contributed by atoms with Crippen molar-refractivity contribution in [1.29, 1.82) is 0 Å². The molecule has 162 valence electrons. The van der Waals surface area contributed by atoms with Crippen LogP contribution in [0.1, 0.15) is 41.0 Å². The third kappa shape index (κ3) is 4.72. The van der Waals surface area contributed by atoms with Crippen molar-refractivity contribution in [2.45, 2.75) is 33.3 Å². The highest BCUT2D eigenvalue weighted by Crippen LogP contribution is 2.25. The maximum atomic E-state index is 13.0. The number of aromatic nitrogens is 1. The molecule has 0 aliphatic carbocycles. The van der Waals surface area contributed by atoms with E-state index in [1.807, 2.05) is 61.5 Å². The smallest absolute Gasteiger partial charge is 0.256 e. The number of benzene rings is 3. The van der Waals surface area contributed by atoms with E-state index in [9.17, 15) is 4.79 Å². The number of ether oxygens (including phenoxy) is 1. The predicted molar refractivity (Wildman–Crippen MR) is 130 cm³/mol. The van der Waals surface area contributed by atoms with Gasteiger partial charge in [0.25, 0.3) is 5.91 Å². The van der Waals surface area contributed by atoms with Gasteiger partial charge in [-0.05, 0) is 60.9 Å². The van der Waals surface area contributed by atoms with E-state index < -0.39 is 0 Å². The summed E-state index contributed by atoms with van der Waals surface area (Å²) in [7, 11) is 0. The SMILES string of the molecule is CCc1ccc(OCc2ccccc2C(=O)Nc2ccc3nc(CC)cc(N)c3c2)cc1. The van der Waals surface area contributed by atoms with Crippen LogP contribution < -0.4 is 15.8 Å². The second-order valence-corrected chi connectivity index (χ2v) is 7.69. The number of aryl methyl sites for hydroxylation is 2. The van der Waals surface area contributed by atoms with Crippen LogP contribution in [0.25, 0.3) is 10.9 Å². The number of fused-ring (bicyclic) bond motifs is 1. The Morgan fingerprint density at radius 3 is 2.50 bits per heavy atom. The molecule has 0 spiro atoms. The second kappa shape index (κ2) is 9.52. The number of carbonyl (C=O) groups is 1. The first-order chi connectivity index (χ1) is 15.6. The van der Waals surface area contributed by atoms with E-state index in [4.69, 9.17) is 10.5 Å². The molecule has 4 aromatic rings. The molecule has 5 heteroatoms. The van der Waals surface area contributed by atoms with E-state index in [0.29, 0.717) is 23.5 Å². The first-order valence-electron chi connectivity index (χ1n) is 10.9. The molecule has 1 amide bonds. The number of hydrogen-bond donors (Lipinski definition) is 2. The monoisotopic (exact) mass is 425 g/mol. The fourth-order valence-corrected chi connectivity index (χ4v) is 3.62. The lowest BCUT2D eigenvalue weighted by molar-refractivity contribution is 0.102. The summed E-state index contributed by atoms with van der Waals surface area (Å²) in [6.45, 7) is 4.47. The van der Waals surface area contributed by atoms with E-state index in [1.54, 1.807) is 6.07 Å². The average molecular weight is 426 g/mol. The lowest BCUT2D eigenvalue weighted by Crippen LogP contribution is -2.15. The van der Waals surface area contributed by atoms with Gasteiger partial charge in [0.2, 0.25) is 0 Å². The van der Waals surface area contributed by atoms with Gasteiger partial charge in [-0.2, -0.15) is 0 Å². The highest BCUT2D eigenvalue weighted by atomic mass is 16.5. The third-order valence-corrected chi connectivity index (χ3v) is 5.50. The van der Waals surface area contributed by atoms with Crippen LogP contribution in [-0.2, 0) is 19.4 Å². The Labute approximate surface area is 188 Å². The zero-order valence-electron chi connectivity index (χ0n) is 18.4. The lowest BCUT2D eigenvalue weighted by Gasteiger charge is -2.13. The fourth-order valence-electron chi connectivity index (χ4n) is 3.62. The van der Waals surface area contributed by atoms with Crippen molar-refractivity contribution in [3.8, 4) is 5.75 Å². The first kappa shape index (κ1) is 21.4. The van der Waals surface area contributed by atoms with Crippen LogP contribution in [-0.4, -0.2) is 10.9 Å². The first-order valence-corrected chi connectivity index (χ1v) is 10.9. The van der Waals surface area contributed by atoms with Crippen LogP contribution in [0.5, 0.6) is 5.75 Å². The summed E-state index contributed by atoms with van der Waals surface area (Å²) < 4.78 is 5.92. The van der Waals surface area contributed by atoms with E-state index in [1.165, 1.54) is 5.56 Å². The quantitative estimate of drug-likeness (QED) is 0.394. The van der Waals surface area contributed by atoms with Gasteiger partial charge in [0.05, 0.1) is 5.52 Å². The molecule has 0 atom stereocenters. The summed E-state index contributed by atoms with van der Waals surface area (Å²) >= 11 is 0. The van der Waals surface area contributed by atoms with Gasteiger partial charge in [-0.15, -0.1) is 0 Å². The van der Waals surface area contributed by atoms with E-state index in [0.717, 1.165) is 40.8 Å². The number of rotatable bonds is 7. The van der Waals surface area contributed by atoms with Crippen LogP contribution in [0.4, 0.5) is 11.4 Å². The predicted octanol–water partition coefficient (Wildman–Crippen LogP) is 5.77. The Balaban J connectivity index is 1.51. The number of nitrogens with two attached hydrogens (primary N) is 1. The molecule has 0 aliphatic rings. The Bertz CT molecular complexity index is 1250. The number of amides is 1. The number of hydrogen-bond acceptors (Lipinski definition) is 4. The lowest BCUT2D eigenvalue weighted by atomic mass is 10.1. The molecule has 0 saturated carbocycles. The number of nitrogens with zero attached hydrogens (tertiary/aromatic N) is 1. The van der Waals surface area contributed by atoms with Crippen LogP contribution >= 0.6 is 0 Å². The van der Waals surface area contributed by atoms with Gasteiger partial charge in [0.1, 0.15) is 12.4 Å². The maximum Gasteiger partial charge on any atom is 0.256 e. The highest BCUT2D eigenvalue weighted by molar-refractivity contribution is 6.06. The molecule has 0 unspecified atom stereocenters. The molecule has 0 bridgehead atoms. The van der Waals surface area contributed by atoms with Crippen molar-refractivity contribution < 1.29 is 9.53 Å². The molecular formula is C27H27N3O2. The van der Waals surface area contributed by atoms with Gasteiger partial charge in [-0.3, -0.25) is 9.78 Å². The fraction of sp³-hybridized carbons (Fsp3) is 0.185. The molecule has 3 aromatic carbocycles. The van der Waals surface area contributed by atoms with Crippen molar-refractivity contribution in [1.82, 2.24) is 4.98 Å². The zero-order chi connectivity index (χ0) is 22.5. The minimum absolute atomic E-state index is 0.193. The molecule has 0 radical (unpaired) electrons. The van der Waals surface area contributed by atoms with Crippen LogP contribution in [0.2, 0.25) is 0 Å². The highest BCUT2D eigenvalue weighted by Gasteiger charge is 2.13. The average Bonchev–Trinajstić information content (AvgIpc) is 2.83. The zero-order valence-corrected chi connectivity index (χ0v) is 18.4. The Morgan fingerprint density at radius 1 is 0.969 bits per heavy atom. The topological polar surface area (TPSA) is 77.2 Å². The minimum atomic E-state index is -0.193. The van der Waals surface area contributed by atoms with Crippen molar-refractivity contribution in [2.24, 2.45) is 0 Å². The van der Waals surface area contributed by atoms with Crippen LogP contribution in [0.3, 0.4) is 0 Å². The Hall–Kier alpha value is -3.86. The summed E-state index contributed by atoms with van der Waals surface area (Å²) in [5, 5.41) is 3.81. The van der Waals surface area contributed by atoms with E-state index >= 15 is 0 Å². The van der Waals surface area contributed by atoms with Gasteiger partial charge in [-0.25, -0.2) is 0 Å². The number of carbonyl (C=O) groups excluding carboxylic acids is 1. The molecule has 32 heavy (non-hydrogen) atoms. The van der Waals surface area contributed by atoms with Gasteiger partial charge in [-0.1, -0.05) is 44.2 Å². The molecule has 0 saturated heterocycles. The van der Waals surface area contributed by atoms with Crippen molar-refractivity contribution in [3.05, 3.63) is 95.2 Å². The van der Waals surface area contributed by atoms with Gasteiger partial charge < -0.3 is 15.8 Å². The second-order valence-electron chi connectivity index (χ2n) is 7.69. The molecule has 0 aliphatic heterocycles. The van der Waals surface area contributed by atoms with Crippen molar-refractivity contribution in [2.75, 3.05) is 11.1 Å². The molecule has 5 nitrogen and oxygen atoms in total. The number of anilines is 2. The number of nitrogens with one attached hydrogen (secondary N) is 1. The normalized spacial score (nSPS) is 10.8. The van der Waals surface area contributed by atoms with Gasteiger partial charge in [0, 0.05) is 33.6 Å². The van der Waals surface area contributed by atoms with Crippen molar-refractivity contribution in [3.63, 3.8) is 0 Å². The van der Waals surface area contributed by atoms with E-state index in [-0.39, 0.29) is 5.91 Å². The number of nitrogen functional groups attached to an aromatic ring is 1. The summed E-state index contributed by atoms with van der Waals surface area (Å²) in [6.07, 6.45) is 1.81. The maximum absolute atomic E-state index is 13.0. The van der Waals surface area contributed by atoms with E-state index in [2.05, 4.69) is 29.4 Å². The molecule has 1 heterocycles.